The monoisotopic (exact) mass is 633 g/mol. The van der Waals surface area contributed by atoms with E-state index in [0.717, 1.165) is 50.0 Å². The maximum absolute atomic E-state index is 6.10. The standard InChI is InChI=1S/C18H12NO.C13H12N.Ir/c1-12-6-4-7-13-14-8-5-9-15(18(14)20-17(12)13)16-10-2-3-11-19-16;1-10-8-13(14-9-11(10)2)12-6-4-3-5-7-12;/h2-8,10-11H,1H3;3-6,8-9H,1-2H3;/q2*-1;. The molecule has 175 valence electrons. The number of aryl methyl sites for hydroxylation is 3. The van der Waals surface area contributed by atoms with Crippen molar-refractivity contribution in [3.05, 3.63) is 120 Å². The third-order valence-electron chi connectivity index (χ3n) is 5.93. The maximum atomic E-state index is 6.10. The van der Waals surface area contributed by atoms with E-state index in [2.05, 4.69) is 67.1 Å². The fourth-order valence-corrected chi connectivity index (χ4v) is 3.93. The molecule has 0 aliphatic carbocycles. The predicted octanol–water partition coefficient (Wildman–Crippen LogP) is 7.92. The van der Waals surface area contributed by atoms with E-state index in [9.17, 15) is 0 Å². The number of benzene rings is 3. The molecule has 0 atom stereocenters. The summed E-state index contributed by atoms with van der Waals surface area (Å²) >= 11 is 0. The zero-order valence-electron chi connectivity index (χ0n) is 19.8. The summed E-state index contributed by atoms with van der Waals surface area (Å²) in [5.41, 5.74) is 9.29. The molecule has 0 bridgehead atoms. The van der Waals surface area contributed by atoms with Gasteiger partial charge in [0.15, 0.2) is 0 Å². The van der Waals surface area contributed by atoms with Crippen molar-refractivity contribution in [3.8, 4) is 22.5 Å². The first-order chi connectivity index (χ1) is 16.6. The summed E-state index contributed by atoms with van der Waals surface area (Å²) in [6.07, 6.45) is 3.70. The average Bonchev–Trinajstić information content (AvgIpc) is 3.28. The molecule has 6 aromatic rings. The van der Waals surface area contributed by atoms with Gasteiger partial charge in [0.1, 0.15) is 5.58 Å². The van der Waals surface area contributed by atoms with E-state index in [1.807, 2.05) is 60.8 Å². The number of nitrogens with zero attached hydrogens (tertiary/aromatic N) is 2. The molecule has 0 unspecified atom stereocenters. The molecule has 3 heterocycles. The SMILES string of the molecule is Cc1cccc2c1oc1c(-c3ccccn3)[c-]ccc12.Cc1cnc(-c2[c-]cccc2)cc1C.[Ir]. The number of fused-ring (bicyclic) bond motifs is 3. The minimum absolute atomic E-state index is 0. The van der Waals surface area contributed by atoms with Gasteiger partial charge in [0, 0.05) is 37.9 Å². The first-order valence-electron chi connectivity index (χ1n) is 11.3. The Bertz CT molecular complexity index is 1570. The van der Waals surface area contributed by atoms with Crippen molar-refractivity contribution in [2.45, 2.75) is 20.8 Å². The van der Waals surface area contributed by atoms with E-state index in [1.54, 1.807) is 6.20 Å². The van der Waals surface area contributed by atoms with Gasteiger partial charge in [0.2, 0.25) is 0 Å². The fraction of sp³-hybridized carbons (Fsp3) is 0.0968. The van der Waals surface area contributed by atoms with E-state index >= 15 is 0 Å². The summed E-state index contributed by atoms with van der Waals surface area (Å²) < 4.78 is 6.10. The quantitative estimate of drug-likeness (QED) is 0.182. The van der Waals surface area contributed by atoms with Crippen LogP contribution >= 0.6 is 0 Å². The average molecular weight is 633 g/mol. The molecule has 6 rings (SSSR count). The van der Waals surface area contributed by atoms with E-state index < -0.39 is 0 Å². The van der Waals surface area contributed by atoms with Gasteiger partial charge in [-0.05, 0) is 49.4 Å². The van der Waals surface area contributed by atoms with Gasteiger partial charge in [-0.1, -0.05) is 52.9 Å². The second-order valence-corrected chi connectivity index (χ2v) is 8.29. The van der Waals surface area contributed by atoms with Crippen LogP contribution in [0.4, 0.5) is 0 Å². The van der Waals surface area contributed by atoms with Crippen molar-refractivity contribution < 1.29 is 24.5 Å². The molecule has 0 saturated heterocycles. The molecular formula is C31H24IrN2O-2. The van der Waals surface area contributed by atoms with Gasteiger partial charge in [-0.2, -0.15) is 0 Å². The molecule has 0 aliphatic heterocycles. The van der Waals surface area contributed by atoms with Gasteiger partial charge in [-0.3, -0.25) is 0 Å². The summed E-state index contributed by atoms with van der Waals surface area (Å²) in [7, 11) is 0. The maximum Gasteiger partial charge on any atom is 0.123 e. The molecule has 3 aromatic carbocycles. The first kappa shape index (κ1) is 24.5. The number of furan rings is 1. The molecule has 3 aromatic heterocycles. The number of aromatic nitrogens is 2. The van der Waals surface area contributed by atoms with Crippen LogP contribution in [0.2, 0.25) is 0 Å². The van der Waals surface area contributed by atoms with Crippen LogP contribution in [-0.4, -0.2) is 9.97 Å². The Labute approximate surface area is 219 Å². The molecule has 4 heteroatoms. The van der Waals surface area contributed by atoms with Crippen LogP contribution < -0.4 is 0 Å². The molecule has 0 spiro atoms. The molecule has 0 saturated carbocycles. The van der Waals surface area contributed by atoms with E-state index in [0.29, 0.717) is 0 Å². The smallest absolute Gasteiger partial charge is 0.123 e. The van der Waals surface area contributed by atoms with Crippen LogP contribution in [0.15, 0.2) is 95.7 Å². The third-order valence-corrected chi connectivity index (χ3v) is 5.93. The van der Waals surface area contributed by atoms with Crippen LogP contribution in [0, 0.1) is 32.9 Å². The number of pyridine rings is 2. The van der Waals surface area contributed by atoms with E-state index in [1.165, 1.54) is 11.1 Å². The molecule has 1 radical (unpaired) electrons. The van der Waals surface area contributed by atoms with Crippen molar-refractivity contribution in [2.24, 2.45) is 0 Å². The summed E-state index contributed by atoms with van der Waals surface area (Å²) in [5, 5.41) is 2.26. The zero-order chi connectivity index (χ0) is 23.5. The van der Waals surface area contributed by atoms with Gasteiger partial charge in [-0.15, -0.1) is 54.1 Å². The normalized spacial score (nSPS) is 10.5. The number of rotatable bonds is 2. The summed E-state index contributed by atoms with van der Waals surface area (Å²) in [6, 6.07) is 32.5. The Hall–Kier alpha value is -3.59. The first-order valence-corrected chi connectivity index (χ1v) is 11.3. The number of para-hydroxylation sites is 1. The van der Waals surface area contributed by atoms with Crippen molar-refractivity contribution in [1.82, 2.24) is 9.97 Å². The summed E-state index contributed by atoms with van der Waals surface area (Å²) in [5.74, 6) is 0. The Balaban J connectivity index is 0.000000171. The van der Waals surface area contributed by atoms with Crippen molar-refractivity contribution in [2.75, 3.05) is 0 Å². The second kappa shape index (κ2) is 10.8. The molecule has 35 heavy (non-hydrogen) atoms. The van der Waals surface area contributed by atoms with Gasteiger partial charge < -0.3 is 14.4 Å². The van der Waals surface area contributed by atoms with Gasteiger partial charge in [0.25, 0.3) is 0 Å². The van der Waals surface area contributed by atoms with Crippen molar-refractivity contribution in [3.63, 3.8) is 0 Å². The second-order valence-electron chi connectivity index (χ2n) is 8.29. The van der Waals surface area contributed by atoms with Gasteiger partial charge >= 0.3 is 0 Å². The molecule has 0 fully saturated rings. The molecule has 0 N–H and O–H groups in total. The minimum Gasteiger partial charge on any atom is -0.500 e. The van der Waals surface area contributed by atoms with Crippen LogP contribution in [0.1, 0.15) is 16.7 Å². The van der Waals surface area contributed by atoms with Crippen LogP contribution in [0.3, 0.4) is 0 Å². The number of hydrogen-bond acceptors (Lipinski definition) is 3. The third kappa shape index (κ3) is 5.09. The summed E-state index contributed by atoms with van der Waals surface area (Å²) in [6.45, 7) is 6.24. The van der Waals surface area contributed by atoms with E-state index in [4.69, 9.17) is 4.42 Å². The Kier molecular flexibility index (Phi) is 7.55. The largest absolute Gasteiger partial charge is 0.500 e. The Morgan fingerprint density at radius 1 is 0.657 bits per heavy atom. The van der Waals surface area contributed by atoms with E-state index in [-0.39, 0.29) is 20.1 Å². The molecule has 0 aliphatic rings. The summed E-state index contributed by atoms with van der Waals surface area (Å²) in [4.78, 5) is 8.78. The van der Waals surface area contributed by atoms with Crippen molar-refractivity contribution in [1.29, 1.82) is 0 Å². The van der Waals surface area contributed by atoms with Gasteiger partial charge in [0.05, 0.1) is 5.58 Å². The number of hydrogen-bond donors (Lipinski definition) is 0. The van der Waals surface area contributed by atoms with Crippen LogP contribution in [0.5, 0.6) is 0 Å². The van der Waals surface area contributed by atoms with Gasteiger partial charge in [-0.25, -0.2) is 0 Å². The molecule has 3 nitrogen and oxygen atoms in total. The minimum atomic E-state index is 0. The zero-order valence-corrected chi connectivity index (χ0v) is 22.2. The topological polar surface area (TPSA) is 38.9 Å². The van der Waals surface area contributed by atoms with Crippen molar-refractivity contribution >= 4 is 21.9 Å². The Morgan fingerprint density at radius 2 is 1.49 bits per heavy atom. The van der Waals surface area contributed by atoms with Crippen LogP contribution in [-0.2, 0) is 20.1 Å². The molecular weight excluding hydrogens is 609 g/mol. The predicted molar refractivity (Wildman–Crippen MR) is 139 cm³/mol. The molecule has 0 amide bonds. The fourth-order valence-electron chi connectivity index (χ4n) is 3.93. The van der Waals surface area contributed by atoms with Crippen LogP contribution in [0.25, 0.3) is 44.5 Å². The Morgan fingerprint density at radius 3 is 2.23 bits per heavy atom.